The monoisotopic (exact) mass is 409 g/mol. The second kappa shape index (κ2) is 7.78. The van der Waals surface area contributed by atoms with Crippen molar-refractivity contribution in [2.24, 2.45) is 21.0 Å². The standard InChI is InChI=1S/C19H19N7O4/c1-11-7-15(21-16(27)10-30-13-6-4-5-12(8-13)29-3)26(24-11)19-22-17-14(18(28)23-19)9-20-25(17)2/h4-9,14H,10H2,1-3H3,(H,21,27). The summed E-state index contributed by atoms with van der Waals surface area (Å²) in [5.74, 6) is 0.561. The van der Waals surface area contributed by atoms with E-state index in [1.54, 1.807) is 51.4 Å². The van der Waals surface area contributed by atoms with Gasteiger partial charge in [0.1, 0.15) is 29.1 Å². The number of amidine groups is 1. The number of carbonyl (C=O) groups excluding carboxylic acids is 2. The lowest BCUT2D eigenvalue weighted by molar-refractivity contribution is -0.118. The fraction of sp³-hybridized carbons (Fsp3) is 0.263. The van der Waals surface area contributed by atoms with Crippen molar-refractivity contribution in [3.8, 4) is 11.5 Å². The average molecular weight is 409 g/mol. The van der Waals surface area contributed by atoms with Gasteiger partial charge in [-0.15, -0.1) is 0 Å². The van der Waals surface area contributed by atoms with E-state index < -0.39 is 17.7 Å². The highest BCUT2D eigenvalue weighted by atomic mass is 16.5. The normalized spacial score (nSPS) is 17.4. The molecule has 0 saturated heterocycles. The lowest BCUT2D eigenvalue weighted by Gasteiger charge is -2.17. The minimum absolute atomic E-state index is 0.0562. The van der Waals surface area contributed by atoms with Crippen molar-refractivity contribution >= 4 is 35.6 Å². The first kappa shape index (κ1) is 19.3. The molecule has 0 saturated carbocycles. The molecule has 2 aliphatic heterocycles. The van der Waals surface area contributed by atoms with E-state index in [1.165, 1.54) is 15.9 Å². The Labute approximate surface area is 171 Å². The van der Waals surface area contributed by atoms with Crippen molar-refractivity contribution in [2.75, 3.05) is 26.1 Å². The van der Waals surface area contributed by atoms with Gasteiger partial charge in [-0.1, -0.05) is 6.07 Å². The predicted molar refractivity (Wildman–Crippen MR) is 109 cm³/mol. The van der Waals surface area contributed by atoms with Crippen LogP contribution in [-0.4, -0.2) is 65.4 Å². The number of nitrogens with zero attached hydrogens (tertiary/aromatic N) is 6. The van der Waals surface area contributed by atoms with Gasteiger partial charge in [0.15, 0.2) is 6.61 Å². The maximum absolute atomic E-state index is 12.4. The molecule has 4 rings (SSSR count). The summed E-state index contributed by atoms with van der Waals surface area (Å²) in [7, 11) is 3.24. The molecule has 1 N–H and O–H groups in total. The summed E-state index contributed by atoms with van der Waals surface area (Å²) in [5.41, 5.74) is 0.618. The van der Waals surface area contributed by atoms with Gasteiger partial charge in [0.25, 0.3) is 17.8 Å². The van der Waals surface area contributed by atoms with Crippen LogP contribution in [0.5, 0.6) is 11.5 Å². The summed E-state index contributed by atoms with van der Waals surface area (Å²) < 4.78 is 11.9. The van der Waals surface area contributed by atoms with Gasteiger partial charge in [-0.25, -0.2) is 0 Å². The first-order valence-corrected chi connectivity index (χ1v) is 9.07. The zero-order valence-electron chi connectivity index (χ0n) is 16.6. The van der Waals surface area contributed by atoms with Crippen LogP contribution in [0, 0.1) is 12.8 Å². The van der Waals surface area contributed by atoms with Gasteiger partial charge >= 0.3 is 0 Å². The second-order valence-corrected chi connectivity index (χ2v) is 6.58. The third-order valence-electron chi connectivity index (χ3n) is 4.39. The summed E-state index contributed by atoms with van der Waals surface area (Å²) in [4.78, 5) is 33.1. The molecule has 1 aromatic carbocycles. The Bertz CT molecular complexity index is 1100. The number of hydrazone groups is 1. The summed E-state index contributed by atoms with van der Waals surface area (Å²) in [5, 5.41) is 12.6. The molecule has 1 unspecified atom stereocenters. The van der Waals surface area contributed by atoms with Crippen LogP contribution in [0.1, 0.15) is 5.69 Å². The Morgan fingerprint density at radius 1 is 1.23 bits per heavy atom. The molecule has 2 aliphatic rings. The van der Waals surface area contributed by atoms with Crippen LogP contribution in [-0.2, 0) is 9.59 Å². The van der Waals surface area contributed by atoms with Crippen molar-refractivity contribution in [1.82, 2.24) is 14.8 Å². The van der Waals surface area contributed by atoms with E-state index in [9.17, 15) is 9.59 Å². The SMILES string of the molecule is COc1cccc(OCC(=O)Nc2cc(C)nn2C2=NC(=O)C3C=NN(C)C3=N2)c1. The van der Waals surface area contributed by atoms with Crippen LogP contribution in [0.3, 0.4) is 0 Å². The molecule has 30 heavy (non-hydrogen) atoms. The third-order valence-corrected chi connectivity index (χ3v) is 4.39. The van der Waals surface area contributed by atoms with Crippen LogP contribution < -0.4 is 14.8 Å². The Balaban J connectivity index is 1.49. The van der Waals surface area contributed by atoms with E-state index in [-0.39, 0.29) is 12.6 Å². The molecule has 0 spiro atoms. The number of hydrogen-bond donors (Lipinski definition) is 1. The van der Waals surface area contributed by atoms with E-state index in [0.29, 0.717) is 28.8 Å². The van der Waals surface area contributed by atoms with Gasteiger partial charge in [-0.3, -0.25) is 14.6 Å². The molecule has 0 fully saturated rings. The Morgan fingerprint density at radius 3 is 2.83 bits per heavy atom. The van der Waals surface area contributed by atoms with E-state index in [1.807, 2.05) is 0 Å². The fourth-order valence-corrected chi connectivity index (χ4v) is 2.96. The number of ether oxygens (including phenoxy) is 2. The number of fused-ring (bicyclic) bond motifs is 1. The molecule has 2 amide bonds. The molecule has 3 heterocycles. The van der Waals surface area contributed by atoms with Gasteiger partial charge < -0.3 is 14.8 Å². The number of aliphatic imine (C=N–C) groups is 2. The van der Waals surface area contributed by atoms with Crippen LogP contribution in [0.4, 0.5) is 5.82 Å². The Morgan fingerprint density at radius 2 is 2.03 bits per heavy atom. The zero-order valence-corrected chi connectivity index (χ0v) is 16.6. The van der Waals surface area contributed by atoms with Gasteiger partial charge in [0.2, 0.25) is 0 Å². The zero-order chi connectivity index (χ0) is 21.3. The molecule has 1 aromatic heterocycles. The highest BCUT2D eigenvalue weighted by Gasteiger charge is 2.35. The maximum atomic E-state index is 12.4. The smallest absolute Gasteiger partial charge is 0.265 e. The number of rotatable bonds is 5. The van der Waals surface area contributed by atoms with E-state index >= 15 is 0 Å². The van der Waals surface area contributed by atoms with Crippen molar-refractivity contribution in [1.29, 1.82) is 0 Å². The van der Waals surface area contributed by atoms with Crippen molar-refractivity contribution in [3.63, 3.8) is 0 Å². The first-order valence-electron chi connectivity index (χ1n) is 9.07. The fourth-order valence-electron chi connectivity index (χ4n) is 2.96. The largest absolute Gasteiger partial charge is 0.497 e. The Hall–Kier alpha value is -4.02. The summed E-state index contributed by atoms with van der Waals surface area (Å²) in [6.45, 7) is 1.53. The molecule has 154 valence electrons. The quantitative estimate of drug-likeness (QED) is 0.783. The highest BCUT2D eigenvalue weighted by molar-refractivity contribution is 6.24. The molecule has 0 aliphatic carbocycles. The lowest BCUT2D eigenvalue weighted by Crippen LogP contribution is -2.35. The number of aromatic nitrogens is 2. The van der Waals surface area contributed by atoms with Crippen molar-refractivity contribution < 1.29 is 19.1 Å². The molecular formula is C19H19N7O4. The second-order valence-electron chi connectivity index (χ2n) is 6.58. The van der Waals surface area contributed by atoms with Crippen molar-refractivity contribution in [2.45, 2.75) is 6.92 Å². The lowest BCUT2D eigenvalue weighted by atomic mass is 10.1. The van der Waals surface area contributed by atoms with Gasteiger partial charge in [0, 0.05) is 25.4 Å². The summed E-state index contributed by atoms with van der Waals surface area (Å²) in [6.07, 6.45) is 1.49. The van der Waals surface area contributed by atoms with Gasteiger partial charge in [-0.05, 0) is 19.1 Å². The molecule has 0 radical (unpaired) electrons. The minimum Gasteiger partial charge on any atom is -0.497 e. The van der Waals surface area contributed by atoms with Crippen LogP contribution in [0.25, 0.3) is 0 Å². The summed E-state index contributed by atoms with van der Waals surface area (Å²) >= 11 is 0. The molecule has 1 atom stereocenters. The van der Waals surface area contributed by atoms with Gasteiger partial charge in [-0.2, -0.15) is 24.9 Å². The molecular weight excluding hydrogens is 390 g/mol. The number of amides is 2. The molecule has 11 nitrogen and oxygen atoms in total. The molecule has 0 bridgehead atoms. The number of hydrogen-bond acceptors (Lipinski definition) is 8. The number of anilines is 1. The van der Waals surface area contributed by atoms with Crippen LogP contribution >= 0.6 is 0 Å². The third kappa shape index (κ3) is 3.77. The van der Waals surface area contributed by atoms with Crippen LogP contribution in [0.2, 0.25) is 0 Å². The summed E-state index contributed by atoms with van der Waals surface area (Å²) in [6, 6.07) is 8.59. The van der Waals surface area contributed by atoms with Crippen LogP contribution in [0.15, 0.2) is 45.4 Å². The van der Waals surface area contributed by atoms with E-state index in [2.05, 4.69) is 25.5 Å². The van der Waals surface area contributed by atoms with Crippen molar-refractivity contribution in [3.05, 3.63) is 36.0 Å². The maximum Gasteiger partial charge on any atom is 0.265 e. The number of benzene rings is 1. The highest BCUT2D eigenvalue weighted by Crippen LogP contribution is 2.20. The first-order chi connectivity index (χ1) is 14.4. The topological polar surface area (TPSA) is 123 Å². The van der Waals surface area contributed by atoms with Gasteiger partial charge in [0.05, 0.1) is 12.8 Å². The number of aryl methyl sites for hydroxylation is 1. The minimum atomic E-state index is -0.593. The average Bonchev–Trinajstić information content (AvgIpc) is 3.29. The number of methoxy groups -OCH3 is 1. The predicted octanol–water partition coefficient (Wildman–Crippen LogP) is 0.908. The number of nitrogens with one attached hydrogen (secondary N) is 1. The molecule has 11 heteroatoms. The van der Waals surface area contributed by atoms with E-state index in [0.717, 1.165) is 0 Å². The Kier molecular flexibility index (Phi) is 5.00. The molecule has 2 aromatic rings. The number of carbonyl (C=O) groups is 2. The van der Waals surface area contributed by atoms with E-state index in [4.69, 9.17) is 9.47 Å².